The largest absolute Gasteiger partial charge is 0.103 e. The van der Waals surface area contributed by atoms with E-state index in [4.69, 9.17) is 0 Å². The van der Waals surface area contributed by atoms with Crippen LogP contribution in [0.2, 0.25) is 0 Å². The molecule has 2 unspecified atom stereocenters. The maximum atomic E-state index is 3.97. The molecule has 128 valence electrons. The van der Waals surface area contributed by atoms with Gasteiger partial charge in [0.25, 0.3) is 0 Å². The van der Waals surface area contributed by atoms with Crippen LogP contribution in [0.15, 0.2) is 37.0 Å². The van der Waals surface area contributed by atoms with Gasteiger partial charge in [-0.25, -0.2) is 0 Å². The lowest BCUT2D eigenvalue weighted by atomic mass is 9.72. The first-order valence-corrected chi connectivity index (χ1v) is 10.2. The van der Waals surface area contributed by atoms with Gasteiger partial charge < -0.3 is 0 Å². The highest BCUT2D eigenvalue weighted by molar-refractivity contribution is 5.08. The van der Waals surface area contributed by atoms with Gasteiger partial charge in [0.1, 0.15) is 0 Å². The molecule has 3 rings (SSSR count). The molecule has 0 bridgehead atoms. The van der Waals surface area contributed by atoms with Gasteiger partial charge in [-0.3, -0.25) is 0 Å². The van der Waals surface area contributed by atoms with Crippen molar-refractivity contribution < 1.29 is 0 Å². The molecule has 0 nitrogen and oxygen atoms in total. The summed E-state index contributed by atoms with van der Waals surface area (Å²) in [5.41, 5.74) is 0. The Morgan fingerprint density at radius 1 is 0.739 bits per heavy atom. The van der Waals surface area contributed by atoms with E-state index in [-0.39, 0.29) is 0 Å². The van der Waals surface area contributed by atoms with E-state index in [2.05, 4.69) is 43.9 Å². The van der Waals surface area contributed by atoms with Gasteiger partial charge in [0.05, 0.1) is 0 Å². The van der Waals surface area contributed by atoms with E-state index in [0.29, 0.717) is 0 Å². The highest BCUT2D eigenvalue weighted by Crippen LogP contribution is 2.39. The minimum absolute atomic E-state index is 0.718. The lowest BCUT2D eigenvalue weighted by Crippen LogP contribution is -2.22. The smallest absolute Gasteiger partial charge is 0.00531 e. The first-order valence-electron chi connectivity index (χ1n) is 10.2. The zero-order valence-corrected chi connectivity index (χ0v) is 15.1. The molecule has 0 heterocycles. The van der Waals surface area contributed by atoms with E-state index in [1.807, 2.05) is 0 Å². The third-order valence-corrected chi connectivity index (χ3v) is 6.89. The van der Waals surface area contributed by atoms with Crippen LogP contribution < -0.4 is 0 Å². The van der Waals surface area contributed by atoms with Crippen LogP contribution in [0, 0.1) is 35.5 Å². The molecule has 0 spiro atoms. The lowest BCUT2D eigenvalue weighted by molar-refractivity contribution is 0.235. The molecular formula is C23H36. The molecule has 0 heteroatoms. The van der Waals surface area contributed by atoms with Crippen LogP contribution in [0.25, 0.3) is 0 Å². The zero-order chi connectivity index (χ0) is 16.1. The van der Waals surface area contributed by atoms with Gasteiger partial charge >= 0.3 is 0 Å². The minimum atomic E-state index is 0.718. The topological polar surface area (TPSA) is 0 Å². The Morgan fingerprint density at radius 2 is 1.43 bits per heavy atom. The number of hydrogen-bond acceptors (Lipinski definition) is 0. The molecule has 2 atom stereocenters. The lowest BCUT2D eigenvalue weighted by Gasteiger charge is -2.34. The van der Waals surface area contributed by atoms with Crippen molar-refractivity contribution in [1.29, 1.82) is 0 Å². The highest BCUT2D eigenvalue weighted by Gasteiger charge is 2.27. The van der Waals surface area contributed by atoms with Crippen molar-refractivity contribution in [3.05, 3.63) is 37.0 Å². The zero-order valence-electron chi connectivity index (χ0n) is 15.1. The third-order valence-electron chi connectivity index (χ3n) is 6.89. The Labute approximate surface area is 144 Å². The van der Waals surface area contributed by atoms with Crippen LogP contribution in [0.4, 0.5) is 0 Å². The molecule has 0 aromatic rings. The van der Waals surface area contributed by atoms with Gasteiger partial charge in [-0.05, 0) is 86.9 Å². The second-order valence-electron chi connectivity index (χ2n) is 8.61. The summed E-state index contributed by atoms with van der Waals surface area (Å²) in [5, 5.41) is 0. The summed E-state index contributed by atoms with van der Waals surface area (Å²) in [6, 6.07) is 0. The predicted octanol–water partition coefficient (Wildman–Crippen LogP) is 6.94. The average Bonchev–Trinajstić information content (AvgIpc) is 2.62. The maximum absolute atomic E-state index is 3.97. The molecule has 3 aliphatic rings. The van der Waals surface area contributed by atoms with E-state index in [1.54, 1.807) is 0 Å². The fourth-order valence-electron chi connectivity index (χ4n) is 5.00. The van der Waals surface area contributed by atoms with E-state index in [1.165, 1.54) is 64.2 Å². The van der Waals surface area contributed by atoms with Crippen molar-refractivity contribution in [3.8, 4) is 0 Å². The molecule has 2 fully saturated rings. The first kappa shape index (κ1) is 17.1. The van der Waals surface area contributed by atoms with Gasteiger partial charge in [0.2, 0.25) is 0 Å². The number of allylic oxidation sites excluding steroid dienone is 5. The molecular weight excluding hydrogens is 276 g/mol. The monoisotopic (exact) mass is 312 g/mol. The summed E-state index contributed by atoms with van der Waals surface area (Å²) in [5.74, 6) is 5.16. The Hall–Kier alpha value is -0.780. The Morgan fingerprint density at radius 3 is 2.04 bits per heavy atom. The summed E-state index contributed by atoms with van der Waals surface area (Å²) in [4.78, 5) is 0. The summed E-state index contributed by atoms with van der Waals surface area (Å²) in [6.07, 6.45) is 26.5. The summed E-state index contributed by atoms with van der Waals surface area (Å²) < 4.78 is 0. The van der Waals surface area contributed by atoms with Crippen LogP contribution in [0.5, 0.6) is 0 Å². The molecule has 23 heavy (non-hydrogen) atoms. The van der Waals surface area contributed by atoms with Crippen LogP contribution in [0.1, 0.15) is 71.1 Å². The van der Waals surface area contributed by atoms with Crippen molar-refractivity contribution >= 4 is 0 Å². The molecule has 0 amide bonds. The molecule has 0 aromatic heterocycles. The van der Waals surface area contributed by atoms with Crippen molar-refractivity contribution in [3.63, 3.8) is 0 Å². The molecule has 0 aromatic carbocycles. The van der Waals surface area contributed by atoms with Gasteiger partial charge in [0.15, 0.2) is 0 Å². The first-order chi connectivity index (χ1) is 11.2. The quantitative estimate of drug-likeness (QED) is 0.493. The molecule has 3 aliphatic carbocycles. The summed E-state index contributed by atoms with van der Waals surface area (Å²) in [7, 11) is 0. The normalized spacial score (nSPS) is 42.0. The Balaban J connectivity index is 1.44. The van der Waals surface area contributed by atoms with Crippen molar-refractivity contribution in [2.75, 3.05) is 0 Å². The second-order valence-corrected chi connectivity index (χ2v) is 8.61. The third kappa shape index (κ3) is 4.85. The fourth-order valence-corrected chi connectivity index (χ4v) is 5.00. The van der Waals surface area contributed by atoms with Crippen LogP contribution >= 0.6 is 0 Å². The second kappa shape index (κ2) is 8.36. The van der Waals surface area contributed by atoms with Crippen LogP contribution in [-0.2, 0) is 0 Å². The fraction of sp³-hybridized carbons (Fsp3) is 0.739. The van der Waals surface area contributed by atoms with E-state index in [0.717, 1.165) is 35.5 Å². The van der Waals surface area contributed by atoms with E-state index < -0.39 is 0 Å². The SMILES string of the molecule is C=CC1CCC(C2C=CC(/C=C/C3CCC(C)CC3)CC2)CC1. The van der Waals surface area contributed by atoms with Gasteiger partial charge in [0, 0.05) is 0 Å². The molecule has 0 aliphatic heterocycles. The summed E-state index contributed by atoms with van der Waals surface area (Å²) >= 11 is 0. The standard InChI is InChI=1S/C23H36/c1-3-19-10-14-22(15-11-19)23-16-12-21(13-17-23)9-8-20-6-4-18(2)5-7-20/h3,8-9,12,16,18-23H,1,4-7,10-11,13-15,17H2,2H3/b9-8+. The van der Waals surface area contributed by atoms with E-state index in [9.17, 15) is 0 Å². The van der Waals surface area contributed by atoms with Gasteiger partial charge in [-0.2, -0.15) is 0 Å². The van der Waals surface area contributed by atoms with Crippen molar-refractivity contribution in [2.24, 2.45) is 35.5 Å². The minimum Gasteiger partial charge on any atom is -0.103 e. The molecule has 0 N–H and O–H groups in total. The highest BCUT2D eigenvalue weighted by atomic mass is 14.3. The van der Waals surface area contributed by atoms with E-state index >= 15 is 0 Å². The Kier molecular flexibility index (Phi) is 6.20. The molecule has 0 radical (unpaired) electrons. The predicted molar refractivity (Wildman–Crippen MR) is 101 cm³/mol. The van der Waals surface area contributed by atoms with Crippen molar-refractivity contribution in [2.45, 2.75) is 71.1 Å². The molecule has 2 saturated carbocycles. The summed E-state index contributed by atoms with van der Waals surface area (Å²) in [6.45, 7) is 6.38. The van der Waals surface area contributed by atoms with Gasteiger partial charge in [-0.15, -0.1) is 6.58 Å². The number of rotatable bonds is 4. The molecule has 0 saturated heterocycles. The number of hydrogen-bond donors (Lipinski definition) is 0. The Bertz CT molecular complexity index is 413. The van der Waals surface area contributed by atoms with Crippen LogP contribution in [-0.4, -0.2) is 0 Å². The average molecular weight is 313 g/mol. The van der Waals surface area contributed by atoms with Crippen LogP contribution in [0.3, 0.4) is 0 Å². The van der Waals surface area contributed by atoms with Crippen molar-refractivity contribution in [1.82, 2.24) is 0 Å². The maximum Gasteiger partial charge on any atom is -0.00531 e. The van der Waals surface area contributed by atoms with Gasteiger partial charge in [-0.1, -0.05) is 50.1 Å².